The normalized spacial score (nSPS) is 11.5. The minimum atomic E-state index is -3.88. The van der Waals surface area contributed by atoms with Crippen molar-refractivity contribution in [2.75, 3.05) is 4.72 Å². The third-order valence-electron chi connectivity index (χ3n) is 3.89. The highest BCUT2D eigenvalue weighted by molar-refractivity contribution is 7.92. The van der Waals surface area contributed by atoms with Gasteiger partial charge >= 0.3 is 0 Å². The van der Waals surface area contributed by atoms with E-state index in [4.69, 9.17) is 32.1 Å². The van der Waals surface area contributed by atoms with Crippen molar-refractivity contribution in [3.05, 3.63) is 77.0 Å². The largest absolute Gasteiger partial charge is 0.461 e. The quantitative estimate of drug-likeness (QED) is 0.434. The number of hydrogen-bond acceptors (Lipinski definition) is 5. The van der Waals surface area contributed by atoms with Crippen LogP contribution in [0.5, 0.6) is 0 Å². The van der Waals surface area contributed by atoms with Gasteiger partial charge in [0, 0.05) is 22.3 Å². The summed E-state index contributed by atoms with van der Waals surface area (Å²) in [5.74, 6) is 1.07. The highest BCUT2D eigenvalue weighted by Gasteiger charge is 2.19. The van der Waals surface area contributed by atoms with Gasteiger partial charge in [-0.2, -0.15) is 0 Å². The van der Waals surface area contributed by atoms with Crippen LogP contribution in [0.3, 0.4) is 0 Å². The van der Waals surface area contributed by atoms with E-state index in [1.54, 1.807) is 48.7 Å². The van der Waals surface area contributed by atoms with Crippen molar-refractivity contribution in [2.24, 2.45) is 0 Å². The van der Waals surface area contributed by atoms with Crippen LogP contribution < -0.4 is 4.72 Å². The summed E-state index contributed by atoms with van der Waals surface area (Å²) in [5.41, 5.74) is 1.72. The zero-order valence-electron chi connectivity index (χ0n) is 14.1. The van der Waals surface area contributed by atoms with E-state index < -0.39 is 10.0 Å². The van der Waals surface area contributed by atoms with Crippen molar-refractivity contribution in [3.8, 4) is 22.8 Å². The number of nitrogens with one attached hydrogen (secondary N) is 1. The van der Waals surface area contributed by atoms with Crippen molar-refractivity contribution >= 4 is 38.9 Å². The molecule has 4 rings (SSSR count). The number of benzene rings is 2. The Balaban J connectivity index is 1.56. The van der Waals surface area contributed by atoms with Gasteiger partial charge in [-0.05, 0) is 42.5 Å². The second-order valence-electron chi connectivity index (χ2n) is 5.81. The Morgan fingerprint density at radius 1 is 0.929 bits per heavy atom. The lowest BCUT2D eigenvalue weighted by atomic mass is 10.1. The molecule has 2 heterocycles. The summed E-state index contributed by atoms with van der Waals surface area (Å²) in [5, 5.41) is 4.37. The van der Waals surface area contributed by atoms with Gasteiger partial charge in [0.15, 0.2) is 5.76 Å². The second-order valence-corrected chi connectivity index (χ2v) is 8.31. The van der Waals surface area contributed by atoms with Crippen LogP contribution in [0.25, 0.3) is 22.8 Å². The van der Waals surface area contributed by atoms with E-state index in [1.165, 1.54) is 18.2 Å². The van der Waals surface area contributed by atoms with Gasteiger partial charge in [0.05, 0.1) is 11.3 Å². The van der Waals surface area contributed by atoms with Crippen LogP contribution in [0.15, 0.2) is 80.8 Å². The maximum Gasteiger partial charge on any atom is 0.263 e. The van der Waals surface area contributed by atoms with E-state index in [-0.39, 0.29) is 14.9 Å². The first-order chi connectivity index (χ1) is 13.4. The Morgan fingerprint density at radius 2 is 1.71 bits per heavy atom. The molecule has 142 valence electrons. The predicted octanol–water partition coefficient (Wildman–Crippen LogP) is 5.71. The molecular weight excluding hydrogens is 423 g/mol. The fraction of sp³-hybridized carbons (Fsp3) is 0. The molecule has 0 fully saturated rings. The fourth-order valence-corrected chi connectivity index (χ4v) is 4.37. The van der Waals surface area contributed by atoms with E-state index in [9.17, 15) is 8.42 Å². The molecule has 0 spiro atoms. The lowest BCUT2D eigenvalue weighted by Gasteiger charge is -2.10. The van der Waals surface area contributed by atoms with Crippen LogP contribution in [0, 0.1) is 0 Å². The first-order valence-electron chi connectivity index (χ1n) is 8.01. The SMILES string of the molecule is O=S(=O)(Nc1ccc(-c2cc(-c3ccco3)on2)cc1)c1cc(Cl)ccc1Cl. The Bertz CT molecular complexity index is 1220. The molecule has 4 aromatic rings. The molecule has 0 amide bonds. The number of aromatic nitrogens is 1. The number of sulfonamides is 1. The first kappa shape index (κ1) is 18.6. The van der Waals surface area contributed by atoms with Crippen LogP contribution in [0.1, 0.15) is 0 Å². The smallest absolute Gasteiger partial charge is 0.263 e. The average Bonchev–Trinajstić information content (AvgIpc) is 3.35. The minimum Gasteiger partial charge on any atom is -0.461 e. The summed E-state index contributed by atoms with van der Waals surface area (Å²) in [4.78, 5) is -0.0923. The second kappa shape index (κ2) is 7.35. The number of rotatable bonds is 5. The maximum atomic E-state index is 12.6. The standard InChI is InChI=1S/C19H12Cl2N2O4S/c20-13-5-8-15(21)19(10-13)28(24,25)23-14-6-3-12(4-7-14)16-11-18(27-22-16)17-2-1-9-26-17/h1-11,23H. The third kappa shape index (κ3) is 3.77. The molecule has 0 aliphatic heterocycles. The van der Waals surface area contributed by atoms with Crippen molar-refractivity contribution < 1.29 is 17.4 Å². The molecule has 9 heteroatoms. The van der Waals surface area contributed by atoms with Crippen molar-refractivity contribution in [1.29, 1.82) is 0 Å². The molecule has 0 saturated carbocycles. The molecule has 0 unspecified atom stereocenters. The Morgan fingerprint density at radius 3 is 2.43 bits per heavy atom. The van der Waals surface area contributed by atoms with Crippen molar-refractivity contribution in [2.45, 2.75) is 4.90 Å². The summed E-state index contributed by atoms with van der Waals surface area (Å²) in [6.45, 7) is 0. The van der Waals surface area contributed by atoms with Gasteiger partial charge in [0.1, 0.15) is 10.6 Å². The van der Waals surface area contributed by atoms with Crippen LogP contribution in [-0.2, 0) is 10.0 Å². The highest BCUT2D eigenvalue weighted by atomic mass is 35.5. The monoisotopic (exact) mass is 434 g/mol. The van der Waals surface area contributed by atoms with Crippen LogP contribution in [0.2, 0.25) is 10.0 Å². The Labute approximate surface area is 170 Å². The number of anilines is 1. The van der Waals surface area contributed by atoms with E-state index in [0.29, 0.717) is 22.9 Å². The third-order valence-corrected chi connectivity index (χ3v) is 5.99. The molecule has 2 aromatic carbocycles. The van der Waals surface area contributed by atoms with Gasteiger partial charge < -0.3 is 8.94 Å². The number of furan rings is 1. The van der Waals surface area contributed by atoms with E-state index in [0.717, 1.165) is 5.56 Å². The van der Waals surface area contributed by atoms with Gasteiger partial charge in [-0.3, -0.25) is 4.72 Å². The van der Waals surface area contributed by atoms with Crippen molar-refractivity contribution in [1.82, 2.24) is 5.16 Å². The molecular formula is C19H12Cl2N2O4S. The van der Waals surface area contributed by atoms with E-state index >= 15 is 0 Å². The summed E-state index contributed by atoms with van der Waals surface area (Å²) >= 11 is 11.9. The summed E-state index contributed by atoms with van der Waals surface area (Å²) in [6.07, 6.45) is 1.55. The lowest BCUT2D eigenvalue weighted by Crippen LogP contribution is -2.13. The molecule has 0 saturated heterocycles. The van der Waals surface area contributed by atoms with Gasteiger partial charge in [0.2, 0.25) is 5.76 Å². The van der Waals surface area contributed by atoms with Gasteiger partial charge in [0.25, 0.3) is 10.0 Å². The molecule has 0 aliphatic carbocycles. The Kier molecular flexibility index (Phi) is 4.89. The summed E-state index contributed by atoms with van der Waals surface area (Å²) < 4.78 is 38.2. The summed E-state index contributed by atoms with van der Waals surface area (Å²) in [7, 11) is -3.88. The molecule has 28 heavy (non-hydrogen) atoms. The van der Waals surface area contributed by atoms with Crippen LogP contribution in [-0.4, -0.2) is 13.6 Å². The number of nitrogens with zero attached hydrogens (tertiary/aromatic N) is 1. The molecule has 6 nitrogen and oxygen atoms in total. The molecule has 1 N–H and O–H groups in total. The maximum absolute atomic E-state index is 12.6. The predicted molar refractivity (Wildman–Crippen MR) is 107 cm³/mol. The molecule has 0 aliphatic rings. The van der Waals surface area contributed by atoms with Crippen LogP contribution in [0.4, 0.5) is 5.69 Å². The molecule has 0 radical (unpaired) electrons. The summed E-state index contributed by atoms with van der Waals surface area (Å²) in [6, 6.07) is 16.2. The first-order valence-corrected chi connectivity index (χ1v) is 10.3. The molecule has 0 bridgehead atoms. The Hall–Kier alpha value is -2.74. The zero-order valence-corrected chi connectivity index (χ0v) is 16.4. The molecule has 2 aromatic heterocycles. The fourth-order valence-electron chi connectivity index (χ4n) is 2.55. The van der Waals surface area contributed by atoms with E-state index in [1.807, 2.05) is 0 Å². The van der Waals surface area contributed by atoms with Gasteiger partial charge in [-0.25, -0.2) is 8.42 Å². The van der Waals surface area contributed by atoms with E-state index in [2.05, 4.69) is 9.88 Å². The van der Waals surface area contributed by atoms with Gasteiger partial charge in [-0.1, -0.05) is 40.5 Å². The number of hydrogen-bond donors (Lipinski definition) is 1. The average molecular weight is 435 g/mol. The number of halogens is 2. The van der Waals surface area contributed by atoms with Crippen LogP contribution >= 0.6 is 23.2 Å². The molecule has 0 atom stereocenters. The van der Waals surface area contributed by atoms with Gasteiger partial charge in [-0.15, -0.1) is 0 Å². The minimum absolute atomic E-state index is 0.0848. The topological polar surface area (TPSA) is 85.3 Å². The highest BCUT2D eigenvalue weighted by Crippen LogP contribution is 2.29. The zero-order chi connectivity index (χ0) is 19.7. The lowest BCUT2D eigenvalue weighted by molar-refractivity contribution is 0.420. The van der Waals surface area contributed by atoms with Crippen molar-refractivity contribution in [3.63, 3.8) is 0 Å².